The molecule has 0 fully saturated rings. The second-order valence-electron chi connectivity index (χ2n) is 2.49. The lowest BCUT2D eigenvalue weighted by atomic mass is 10.5. The third kappa shape index (κ3) is 50.1. The predicted octanol–water partition coefficient (Wildman–Crippen LogP) is 5.15. The molecule has 0 unspecified atom stereocenters. The van der Waals surface area contributed by atoms with E-state index in [1.165, 1.54) is 0 Å². The fourth-order valence-corrected chi connectivity index (χ4v) is 0.393. The Balaban J connectivity index is -0.0000000619. The smallest absolute Gasteiger partial charge is 0.00533 e. The van der Waals surface area contributed by atoms with Gasteiger partial charge in [-0.25, -0.2) is 0 Å². The van der Waals surface area contributed by atoms with Gasteiger partial charge in [-0.15, -0.1) is 0 Å². The molecular formula is C15H35N. The van der Waals surface area contributed by atoms with Crippen LogP contribution in [-0.2, 0) is 0 Å². The van der Waals surface area contributed by atoms with Gasteiger partial charge < -0.3 is 4.90 Å². The van der Waals surface area contributed by atoms with Crippen LogP contribution < -0.4 is 0 Å². The molecule has 0 aromatic rings. The van der Waals surface area contributed by atoms with Gasteiger partial charge in [0, 0.05) is 0 Å². The van der Waals surface area contributed by atoms with Gasteiger partial charge in [-0.2, -0.15) is 0 Å². The second-order valence-corrected chi connectivity index (χ2v) is 2.49. The summed E-state index contributed by atoms with van der Waals surface area (Å²) in [5.74, 6) is 0. The van der Waals surface area contributed by atoms with E-state index in [2.05, 4.69) is 50.2 Å². The highest BCUT2D eigenvalue weighted by Gasteiger charge is 1.72. The number of hydrogen-bond acceptors (Lipinski definition) is 1. The van der Waals surface area contributed by atoms with E-state index in [1.54, 1.807) is 0 Å². The van der Waals surface area contributed by atoms with Crippen molar-refractivity contribution in [3.63, 3.8) is 0 Å². The Morgan fingerprint density at radius 3 is 1.12 bits per heavy atom. The number of rotatable bonds is 1. The van der Waals surface area contributed by atoms with Crippen LogP contribution >= 0.6 is 0 Å². The van der Waals surface area contributed by atoms with Crippen LogP contribution in [0.15, 0.2) is 24.3 Å². The quantitative estimate of drug-likeness (QED) is 0.601. The first-order valence-electron chi connectivity index (χ1n) is 6.73. The topological polar surface area (TPSA) is 3.24 Å². The maximum Gasteiger partial charge on any atom is -0.00533 e. The Morgan fingerprint density at radius 2 is 1.06 bits per heavy atom. The van der Waals surface area contributed by atoms with Gasteiger partial charge in [0.25, 0.3) is 0 Å². The third-order valence-electron chi connectivity index (χ3n) is 1.29. The van der Waals surface area contributed by atoms with E-state index in [0.717, 1.165) is 13.0 Å². The highest BCUT2D eigenvalue weighted by molar-refractivity contribution is 5.11. The van der Waals surface area contributed by atoms with Crippen LogP contribution in [0.5, 0.6) is 0 Å². The summed E-state index contributed by atoms with van der Waals surface area (Å²) in [7, 11) is 4.11. The van der Waals surface area contributed by atoms with Crippen LogP contribution in [-0.4, -0.2) is 25.5 Å². The molecule has 0 spiro atoms. The van der Waals surface area contributed by atoms with E-state index in [-0.39, 0.29) is 0 Å². The molecule has 0 saturated carbocycles. The zero-order valence-electron chi connectivity index (χ0n) is 13.2. The molecule has 0 aromatic carbocycles. The van der Waals surface area contributed by atoms with E-state index >= 15 is 0 Å². The molecule has 0 radical (unpaired) electrons. The molecule has 0 bridgehead atoms. The molecule has 0 saturated heterocycles. The van der Waals surface area contributed by atoms with Gasteiger partial charge in [0.1, 0.15) is 0 Å². The summed E-state index contributed by atoms with van der Waals surface area (Å²) in [5, 5.41) is 0. The molecule has 0 aromatic heterocycles. The molecule has 0 N–H and O–H groups in total. The molecule has 1 nitrogen and oxygen atoms in total. The monoisotopic (exact) mass is 229 g/mol. The van der Waals surface area contributed by atoms with Gasteiger partial charge in [0.15, 0.2) is 0 Å². The van der Waals surface area contributed by atoms with Crippen molar-refractivity contribution in [3.05, 3.63) is 24.3 Å². The van der Waals surface area contributed by atoms with Crippen molar-refractivity contribution in [1.82, 2.24) is 4.90 Å². The minimum Gasteiger partial charge on any atom is -0.310 e. The first kappa shape index (κ1) is 24.6. The van der Waals surface area contributed by atoms with Gasteiger partial charge in [0.05, 0.1) is 0 Å². The first-order chi connectivity index (χ1) is 7.77. The van der Waals surface area contributed by atoms with Crippen LogP contribution in [0.25, 0.3) is 0 Å². The fourth-order valence-electron chi connectivity index (χ4n) is 0.393. The number of nitrogens with zero attached hydrogens (tertiary/aromatic N) is 1. The van der Waals surface area contributed by atoms with Crippen molar-refractivity contribution in [2.24, 2.45) is 0 Å². The maximum absolute atomic E-state index is 2.12. The molecule has 0 heterocycles. The van der Waals surface area contributed by atoms with Gasteiger partial charge in [0.2, 0.25) is 0 Å². The van der Waals surface area contributed by atoms with E-state index < -0.39 is 0 Å². The van der Waals surface area contributed by atoms with Gasteiger partial charge in [-0.3, -0.25) is 0 Å². The maximum atomic E-state index is 2.12. The van der Waals surface area contributed by atoms with Crippen LogP contribution in [0.4, 0.5) is 0 Å². The Hall–Kier alpha value is -0.560. The molecule has 0 atom stereocenters. The van der Waals surface area contributed by atoms with Crippen LogP contribution in [0.1, 0.15) is 54.9 Å². The number of allylic oxidation sites excluding steroid dienone is 4. The van der Waals surface area contributed by atoms with Gasteiger partial charge >= 0.3 is 0 Å². The van der Waals surface area contributed by atoms with Gasteiger partial charge in [-0.1, -0.05) is 72.8 Å². The van der Waals surface area contributed by atoms with Crippen LogP contribution in [0.3, 0.4) is 0 Å². The summed E-state index contributed by atoms with van der Waals surface area (Å²) >= 11 is 0. The molecule has 0 amide bonds. The SMILES string of the molecule is C1=CCC=C1.CC.CC.CC.CCN(C)C. The molecule has 0 aliphatic heterocycles. The average molecular weight is 229 g/mol. The summed E-state index contributed by atoms with van der Waals surface area (Å²) in [6.45, 7) is 15.3. The molecule has 1 aliphatic rings. The van der Waals surface area contributed by atoms with Crippen molar-refractivity contribution in [1.29, 1.82) is 0 Å². The summed E-state index contributed by atoms with van der Waals surface area (Å²) < 4.78 is 0. The summed E-state index contributed by atoms with van der Waals surface area (Å²) in [6, 6.07) is 0. The summed E-state index contributed by atoms with van der Waals surface area (Å²) in [4.78, 5) is 2.12. The van der Waals surface area contributed by atoms with E-state index in [9.17, 15) is 0 Å². The highest BCUT2D eigenvalue weighted by Crippen LogP contribution is 1.93. The van der Waals surface area contributed by atoms with E-state index in [1.807, 2.05) is 41.5 Å². The van der Waals surface area contributed by atoms with Crippen molar-refractivity contribution in [3.8, 4) is 0 Å². The van der Waals surface area contributed by atoms with Crippen molar-refractivity contribution < 1.29 is 0 Å². The van der Waals surface area contributed by atoms with E-state index in [4.69, 9.17) is 0 Å². The van der Waals surface area contributed by atoms with Gasteiger partial charge in [-0.05, 0) is 27.1 Å². The zero-order valence-corrected chi connectivity index (χ0v) is 13.2. The fraction of sp³-hybridized carbons (Fsp3) is 0.733. The lowest BCUT2D eigenvalue weighted by Gasteiger charge is -2.00. The molecular weight excluding hydrogens is 194 g/mol. The first-order valence-corrected chi connectivity index (χ1v) is 6.73. The predicted molar refractivity (Wildman–Crippen MR) is 81.2 cm³/mol. The lowest BCUT2D eigenvalue weighted by molar-refractivity contribution is 0.434. The molecule has 100 valence electrons. The molecule has 16 heavy (non-hydrogen) atoms. The Morgan fingerprint density at radius 1 is 0.812 bits per heavy atom. The standard InChI is InChI=1S/C5H6.C4H11N.3C2H6/c1-2-4-5-3-1;1-4-5(2)3;3*1-2/h1-4H,5H2;4H2,1-3H3;3*1-2H3. The molecule has 1 rings (SSSR count). The Labute approximate surface area is 105 Å². The average Bonchev–Trinajstić information content (AvgIpc) is 2.95. The largest absolute Gasteiger partial charge is 0.310 e. The Bertz CT molecular complexity index is 103. The summed E-state index contributed by atoms with van der Waals surface area (Å²) in [6.07, 6.45) is 9.50. The van der Waals surface area contributed by atoms with Crippen LogP contribution in [0.2, 0.25) is 0 Å². The highest BCUT2D eigenvalue weighted by atomic mass is 15.0. The van der Waals surface area contributed by atoms with E-state index in [0.29, 0.717) is 0 Å². The molecule has 1 heteroatoms. The second kappa shape index (κ2) is 36.6. The number of hydrogen-bond donors (Lipinski definition) is 0. The summed E-state index contributed by atoms with van der Waals surface area (Å²) in [5.41, 5.74) is 0. The molecule has 1 aliphatic carbocycles. The van der Waals surface area contributed by atoms with Crippen molar-refractivity contribution in [2.45, 2.75) is 54.9 Å². The normalized spacial score (nSPS) is 9.62. The lowest BCUT2D eigenvalue weighted by Crippen LogP contribution is -2.08. The zero-order chi connectivity index (χ0) is 13.8. The van der Waals surface area contributed by atoms with Crippen molar-refractivity contribution in [2.75, 3.05) is 20.6 Å². The third-order valence-corrected chi connectivity index (χ3v) is 1.29. The van der Waals surface area contributed by atoms with Crippen molar-refractivity contribution >= 4 is 0 Å². The van der Waals surface area contributed by atoms with Crippen LogP contribution in [0, 0.1) is 0 Å². The minimum absolute atomic E-state index is 1.14. The minimum atomic E-state index is 1.14. The Kier molecular flexibility index (Phi) is 56.3.